The van der Waals surface area contributed by atoms with Gasteiger partial charge in [-0.2, -0.15) is 0 Å². The molecule has 0 radical (unpaired) electrons. The number of piperidine rings is 1. The van der Waals surface area contributed by atoms with E-state index in [9.17, 15) is 4.79 Å². The average molecular weight is 320 g/mol. The van der Waals surface area contributed by atoms with E-state index in [1.54, 1.807) is 0 Å². The summed E-state index contributed by atoms with van der Waals surface area (Å²) in [7, 11) is 0. The van der Waals surface area contributed by atoms with E-state index >= 15 is 0 Å². The van der Waals surface area contributed by atoms with E-state index in [4.69, 9.17) is 5.11 Å². The van der Waals surface area contributed by atoms with Crippen LogP contribution in [0, 0.1) is 12.8 Å². The lowest BCUT2D eigenvalue weighted by atomic mass is 9.97. The molecule has 0 saturated carbocycles. The first kappa shape index (κ1) is 17.5. The van der Waals surface area contributed by atoms with Crippen molar-refractivity contribution in [1.82, 2.24) is 9.97 Å². The number of carboxylic acid groups (broad SMARTS) is 1. The highest BCUT2D eigenvalue weighted by atomic mass is 16.4. The summed E-state index contributed by atoms with van der Waals surface area (Å²) in [4.78, 5) is 24.8. The standard InChI is InChI=1S/C17H28N4O2/c1-4-8-20(9-5-2)15-12-16(19-13(3)18-15)21-10-6-14(7-11-21)17(22)23/h12,14H,4-11H2,1-3H3,(H,22,23). The zero-order valence-electron chi connectivity index (χ0n) is 14.5. The maximum atomic E-state index is 11.1. The molecule has 1 aromatic rings. The second-order valence-electron chi connectivity index (χ2n) is 6.22. The van der Waals surface area contributed by atoms with Crippen molar-refractivity contribution in [2.75, 3.05) is 36.0 Å². The number of rotatable bonds is 7. The molecule has 1 aliphatic heterocycles. The lowest BCUT2D eigenvalue weighted by Gasteiger charge is -2.32. The minimum absolute atomic E-state index is 0.217. The first-order chi connectivity index (χ1) is 11.0. The van der Waals surface area contributed by atoms with Crippen LogP contribution in [0.3, 0.4) is 0 Å². The molecule has 2 heterocycles. The van der Waals surface area contributed by atoms with Crippen LogP contribution in [0.4, 0.5) is 11.6 Å². The van der Waals surface area contributed by atoms with Gasteiger partial charge >= 0.3 is 5.97 Å². The second-order valence-corrected chi connectivity index (χ2v) is 6.22. The summed E-state index contributed by atoms with van der Waals surface area (Å²) in [5.41, 5.74) is 0. The summed E-state index contributed by atoms with van der Waals surface area (Å²) in [6.45, 7) is 9.74. The molecule has 0 aromatic carbocycles. The zero-order valence-corrected chi connectivity index (χ0v) is 14.5. The largest absolute Gasteiger partial charge is 0.481 e. The number of nitrogens with zero attached hydrogens (tertiary/aromatic N) is 4. The molecule has 0 spiro atoms. The summed E-state index contributed by atoms with van der Waals surface area (Å²) >= 11 is 0. The van der Waals surface area contributed by atoms with Gasteiger partial charge in [0, 0.05) is 32.2 Å². The van der Waals surface area contributed by atoms with Crippen LogP contribution in [0.15, 0.2) is 6.07 Å². The Morgan fingerprint density at radius 3 is 2.39 bits per heavy atom. The number of aliphatic carboxylic acids is 1. The van der Waals surface area contributed by atoms with Crippen LogP contribution in [0.5, 0.6) is 0 Å². The fourth-order valence-electron chi connectivity index (χ4n) is 3.10. The number of aryl methyl sites for hydroxylation is 1. The van der Waals surface area contributed by atoms with Gasteiger partial charge in [0.25, 0.3) is 0 Å². The molecule has 1 aliphatic rings. The highest BCUT2D eigenvalue weighted by Gasteiger charge is 2.25. The Hall–Kier alpha value is -1.85. The molecule has 128 valence electrons. The molecule has 1 fully saturated rings. The van der Waals surface area contributed by atoms with E-state index in [-0.39, 0.29) is 5.92 Å². The third-order valence-corrected chi connectivity index (χ3v) is 4.29. The highest BCUT2D eigenvalue weighted by molar-refractivity contribution is 5.70. The van der Waals surface area contributed by atoms with E-state index in [2.05, 4.69) is 39.7 Å². The van der Waals surface area contributed by atoms with Gasteiger partial charge in [0.05, 0.1) is 5.92 Å². The molecule has 2 rings (SSSR count). The summed E-state index contributed by atoms with van der Waals surface area (Å²) in [5.74, 6) is 1.78. The van der Waals surface area contributed by atoms with Crippen molar-refractivity contribution in [3.63, 3.8) is 0 Å². The molecule has 23 heavy (non-hydrogen) atoms. The Kier molecular flexibility index (Phi) is 6.19. The van der Waals surface area contributed by atoms with Crippen molar-refractivity contribution >= 4 is 17.6 Å². The van der Waals surface area contributed by atoms with E-state index in [1.807, 2.05) is 6.92 Å². The third-order valence-electron chi connectivity index (χ3n) is 4.29. The molecule has 1 aromatic heterocycles. The van der Waals surface area contributed by atoms with Crippen LogP contribution in [0.2, 0.25) is 0 Å². The van der Waals surface area contributed by atoms with Gasteiger partial charge in [0.1, 0.15) is 17.5 Å². The molecule has 6 heteroatoms. The fourth-order valence-corrected chi connectivity index (χ4v) is 3.10. The lowest BCUT2D eigenvalue weighted by molar-refractivity contribution is -0.142. The Bertz CT molecular complexity index is 521. The molecule has 0 amide bonds. The lowest BCUT2D eigenvalue weighted by Crippen LogP contribution is -2.37. The second kappa shape index (κ2) is 8.13. The number of hydrogen-bond acceptors (Lipinski definition) is 5. The number of hydrogen-bond donors (Lipinski definition) is 1. The van der Waals surface area contributed by atoms with E-state index in [0.717, 1.165) is 56.5 Å². The monoisotopic (exact) mass is 320 g/mol. The summed E-state index contributed by atoms with van der Waals surface area (Å²) < 4.78 is 0. The number of carboxylic acids is 1. The van der Waals surface area contributed by atoms with Gasteiger partial charge < -0.3 is 14.9 Å². The first-order valence-electron chi connectivity index (χ1n) is 8.63. The highest BCUT2D eigenvalue weighted by Crippen LogP contribution is 2.25. The molecule has 6 nitrogen and oxygen atoms in total. The Balaban J connectivity index is 2.15. The van der Waals surface area contributed by atoms with Crippen molar-refractivity contribution in [2.24, 2.45) is 5.92 Å². The van der Waals surface area contributed by atoms with E-state index in [0.29, 0.717) is 12.8 Å². The van der Waals surface area contributed by atoms with Gasteiger partial charge in [-0.1, -0.05) is 13.8 Å². The van der Waals surface area contributed by atoms with Gasteiger partial charge in [-0.25, -0.2) is 9.97 Å². The van der Waals surface area contributed by atoms with Crippen LogP contribution in [0.25, 0.3) is 0 Å². The molecule has 1 N–H and O–H groups in total. The van der Waals surface area contributed by atoms with Gasteiger partial charge in [0.15, 0.2) is 0 Å². The normalized spacial score (nSPS) is 15.7. The number of anilines is 2. The minimum Gasteiger partial charge on any atom is -0.481 e. The average Bonchev–Trinajstić information content (AvgIpc) is 2.54. The summed E-state index contributed by atoms with van der Waals surface area (Å²) in [6, 6.07) is 2.05. The van der Waals surface area contributed by atoms with Crippen LogP contribution >= 0.6 is 0 Å². The molecular weight excluding hydrogens is 292 g/mol. The third kappa shape index (κ3) is 4.56. The van der Waals surface area contributed by atoms with Gasteiger partial charge in [-0.05, 0) is 32.6 Å². The van der Waals surface area contributed by atoms with Crippen LogP contribution in [-0.2, 0) is 4.79 Å². The fraction of sp³-hybridized carbons (Fsp3) is 0.706. The Morgan fingerprint density at radius 2 is 1.87 bits per heavy atom. The van der Waals surface area contributed by atoms with E-state index in [1.165, 1.54) is 0 Å². The predicted octanol–water partition coefficient (Wildman–Crippen LogP) is 2.71. The van der Waals surface area contributed by atoms with Crippen LogP contribution in [0.1, 0.15) is 45.4 Å². The van der Waals surface area contributed by atoms with Crippen molar-refractivity contribution in [1.29, 1.82) is 0 Å². The maximum Gasteiger partial charge on any atom is 0.306 e. The van der Waals surface area contributed by atoms with Gasteiger partial charge in [-0.3, -0.25) is 4.79 Å². The van der Waals surface area contributed by atoms with Crippen molar-refractivity contribution in [3.8, 4) is 0 Å². The molecule has 0 bridgehead atoms. The smallest absolute Gasteiger partial charge is 0.306 e. The van der Waals surface area contributed by atoms with Crippen molar-refractivity contribution in [3.05, 3.63) is 11.9 Å². The van der Waals surface area contributed by atoms with Crippen LogP contribution in [-0.4, -0.2) is 47.2 Å². The van der Waals surface area contributed by atoms with Crippen molar-refractivity contribution in [2.45, 2.75) is 46.5 Å². The Morgan fingerprint density at radius 1 is 1.26 bits per heavy atom. The molecule has 0 aliphatic carbocycles. The summed E-state index contributed by atoms with van der Waals surface area (Å²) in [5, 5.41) is 9.12. The summed E-state index contributed by atoms with van der Waals surface area (Å²) in [6.07, 6.45) is 3.54. The zero-order chi connectivity index (χ0) is 16.8. The maximum absolute atomic E-state index is 11.1. The molecular formula is C17H28N4O2. The van der Waals surface area contributed by atoms with Crippen LogP contribution < -0.4 is 9.80 Å². The SMILES string of the molecule is CCCN(CCC)c1cc(N2CCC(C(=O)O)CC2)nc(C)n1. The topological polar surface area (TPSA) is 69.6 Å². The Labute approximate surface area is 138 Å². The van der Waals surface area contributed by atoms with Gasteiger partial charge in [0.2, 0.25) is 0 Å². The predicted molar refractivity (Wildman–Crippen MR) is 92.1 cm³/mol. The van der Waals surface area contributed by atoms with Gasteiger partial charge in [-0.15, -0.1) is 0 Å². The number of aromatic nitrogens is 2. The first-order valence-corrected chi connectivity index (χ1v) is 8.63. The minimum atomic E-state index is -0.679. The van der Waals surface area contributed by atoms with Crippen molar-refractivity contribution < 1.29 is 9.90 Å². The molecule has 0 atom stereocenters. The number of carbonyl (C=O) groups is 1. The molecule has 1 saturated heterocycles. The van der Waals surface area contributed by atoms with E-state index < -0.39 is 5.97 Å². The molecule has 0 unspecified atom stereocenters. The quantitative estimate of drug-likeness (QED) is 0.833.